The molecule has 0 radical (unpaired) electrons. The first-order chi connectivity index (χ1) is 13.3. The highest BCUT2D eigenvalue weighted by molar-refractivity contribution is 7.92. The number of ether oxygens (including phenoxy) is 1. The van der Waals surface area contributed by atoms with Crippen molar-refractivity contribution in [3.63, 3.8) is 0 Å². The number of anilines is 1. The minimum absolute atomic E-state index is 0.0733. The second-order valence-corrected chi connectivity index (χ2v) is 8.44. The number of rotatable bonds is 6. The molecule has 0 spiro atoms. The van der Waals surface area contributed by atoms with Gasteiger partial charge >= 0.3 is 0 Å². The van der Waals surface area contributed by atoms with Gasteiger partial charge in [0.15, 0.2) is 0 Å². The van der Waals surface area contributed by atoms with E-state index in [1.165, 1.54) is 34.6 Å². The van der Waals surface area contributed by atoms with Crippen molar-refractivity contribution in [1.29, 1.82) is 0 Å². The minimum atomic E-state index is -3.94. The third-order valence-electron chi connectivity index (χ3n) is 4.39. The van der Waals surface area contributed by atoms with Crippen LogP contribution in [0.1, 0.15) is 11.1 Å². The van der Waals surface area contributed by atoms with Crippen molar-refractivity contribution in [2.75, 3.05) is 11.4 Å². The number of benzene rings is 3. The SMILES string of the molecule is COc1ccc(CN(c2ccc(F)cc2)S(=O)(=O)c2cccc(Cl)c2C)cc1. The molecular formula is C21H19ClFNO3S. The average Bonchev–Trinajstić information content (AvgIpc) is 2.69. The molecule has 28 heavy (non-hydrogen) atoms. The third kappa shape index (κ3) is 4.13. The lowest BCUT2D eigenvalue weighted by Crippen LogP contribution is -2.31. The van der Waals surface area contributed by atoms with E-state index < -0.39 is 15.8 Å². The molecule has 0 aliphatic carbocycles. The first-order valence-corrected chi connectivity index (χ1v) is 10.3. The number of nitrogens with zero attached hydrogens (tertiary/aromatic N) is 1. The molecule has 146 valence electrons. The van der Waals surface area contributed by atoms with Crippen LogP contribution in [0.5, 0.6) is 5.75 Å². The van der Waals surface area contributed by atoms with Crippen LogP contribution in [0.2, 0.25) is 5.02 Å². The highest BCUT2D eigenvalue weighted by Gasteiger charge is 2.27. The Bertz CT molecular complexity index is 1070. The van der Waals surface area contributed by atoms with Crippen molar-refractivity contribution in [3.8, 4) is 5.75 Å². The van der Waals surface area contributed by atoms with Crippen molar-refractivity contribution >= 4 is 27.3 Å². The summed E-state index contributed by atoms with van der Waals surface area (Å²) in [7, 11) is -2.38. The molecule has 0 aliphatic rings. The Labute approximate surface area is 169 Å². The van der Waals surface area contributed by atoms with Gasteiger partial charge in [-0.2, -0.15) is 0 Å². The summed E-state index contributed by atoms with van der Waals surface area (Å²) < 4.78 is 46.7. The van der Waals surface area contributed by atoms with Gasteiger partial charge in [-0.3, -0.25) is 4.31 Å². The molecule has 0 aromatic heterocycles. The maximum Gasteiger partial charge on any atom is 0.264 e. The van der Waals surface area contributed by atoms with E-state index in [4.69, 9.17) is 16.3 Å². The van der Waals surface area contributed by atoms with Crippen molar-refractivity contribution < 1.29 is 17.5 Å². The second kappa shape index (κ2) is 8.20. The molecule has 3 aromatic carbocycles. The van der Waals surface area contributed by atoms with Gasteiger partial charge in [0.2, 0.25) is 0 Å². The van der Waals surface area contributed by atoms with E-state index in [9.17, 15) is 12.8 Å². The maximum absolute atomic E-state index is 13.5. The third-order valence-corrected chi connectivity index (χ3v) is 6.71. The summed E-state index contributed by atoms with van der Waals surface area (Å²) in [4.78, 5) is 0.109. The molecule has 0 atom stereocenters. The molecule has 0 saturated carbocycles. The molecule has 0 heterocycles. The van der Waals surface area contributed by atoms with Crippen LogP contribution in [0.25, 0.3) is 0 Å². The van der Waals surface area contributed by atoms with Gasteiger partial charge in [0.05, 0.1) is 24.2 Å². The Morgan fingerprint density at radius 2 is 1.64 bits per heavy atom. The van der Waals surface area contributed by atoms with Gasteiger partial charge in [-0.1, -0.05) is 29.8 Å². The Kier molecular flexibility index (Phi) is 5.91. The average molecular weight is 420 g/mol. The topological polar surface area (TPSA) is 46.6 Å². The lowest BCUT2D eigenvalue weighted by Gasteiger charge is -2.26. The van der Waals surface area contributed by atoms with Gasteiger partial charge in [-0.15, -0.1) is 0 Å². The number of sulfonamides is 1. The zero-order valence-corrected chi connectivity index (χ0v) is 17.0. The van der Waals surface area contributed by atoms with Crippen molar-refractivity contribution in [3.05, 3.63) is 88.7 Å². The van der Waals surface area contributed by atoms with E-state index in [0.29, 0.717) is 22.0 Å². The zero-order valence-electron chi connectivity index (χ0n) is 15.4. The van der Waals surface area contributed by atoms with E-state index in [2.05, 4.69) is 0 Å². The first kappa shape index (κ1) is 20.2. The molecule has 4 nitrogen and oxygen atoms in total. The van der Waals surface area contributed by atoms with Gasteiger partial charge < -0.3 is 4.74 Å². The maximum atomic E-state index is 13.5. The molecule has 0 fully saturated rings. The number of hydrogen-bond acceptors (Lipinski definition) is 3. The normalized spacial score (nSPS) is 11.3. The Balaban J connectivity index is 2.09. The van der Waals surface area contributed by atoms with Crippen molar-refractivity contribution in [2.24, 2.45) is 0 Å². The zero-order chi connectivity index (χ0) is 20.3. The van der Waals surface area contributed by atoms with Crippen LogP contribution >= 0.6 is 11.6 Å². The van der Waals surface area contributed by atoms with Gasteiger partial charge in [-0.05, 0) is 66.6 Å². The fourth-order valence-corrected chi connectivity index (χ4v) is 4.74. The molecule has 0 amide bonds. The highest BCUT2D eigenvalue weighted by Crippen LogP contribution is 2.30. The van der Waals surface area contributed by atoms with Gasteiger partial charge in [-0.25, -0.2) is 12.8 Å². The summed E-state index contributed by atoms with van der Waals surface area (Å²) in [6.07, 6.45) is 0. The lowest BCUT2D eigenvalue weighted by atomic mass is 10.2. The molecule has 0 unspecified atom stereocenters. The standard InChI is InChI=1S/C21H19ClFNO3S/c1-15-20(22)4-3-5-21(15)28(25,26)24(18-10-8-17(23)9-11-18)14-16-6-12-19(27-2)13-7-16/h3-13H,14H2,1-2H3. The van der Waals surface area contributed by atoms with Crippen LogP contribution in [0.4, 0.5) is 10.1 Å². The Morgan fingerprint density at radius 3 is 2.25 bits per heavy atom. The monoisotopic (exact) mass is 419 g/mol. The quantitative estimate of drug-likeness (QED) is 0.552. The van der Waals surface area contributed by atoms with E-state index in [-0.39, 0.29) is 11.4 Å². The summed E-state index contributed by atoms with van der Waals surface area (Å²) in [6, 6.07) is 17.2. The van der Waals surface area contributed by atoms with Crippen LogP contribution in [-0.4, -0.2) is 15.5 Å². The van der Waals surface area contributed by atoms with E-state index in [1.54, 1.807) is 50.4 Å². The van der Waals surface area contributed by atoms with Crippen LogP contribution in [0.3, 0.4) is 0 Å². The summed E-state index contributed by atoms with van der Waals surface area (Å²) >= 11 is 6.14. The van der Waals surface area contributed by atoms with Crippen LogP contribution < -0.4 is 9.04 Å². The van der Waals surface area contributed by atoms with Gasteiger partial charge in [0.25, 0.3) is 10.0 Å². The first-order valence-electron chi connectivity index (χ1n) is 8.49. The second-order valence-electron chi connectivity index (χ2n) is 6.20. The van der Waals surface area contributed by atoms with Gasteiger partial charge in [0.1, 0.15) is 11.6 Å². The largest absolute Gasteiger partial charge is 0.497 e. The summed E-state index contributed by atoms with van der Waals surface area (Å²) in [5.74, 6) is 0.232. The molecule has 0 N–H and O–H groups in total. The van der Waals surface area contributed by atoms with Gasteiger partial charge in [0, 0.05) is 5.02 Å². The van der Waals surface area contributed by atoms with Crippen molar-refractivity contribution in [2.45, 2.75) is 18.4 Å². The number of methoxy groups -OCH3 is 1. The van der Waals surface area contributed by atoms with Crippen LogP contribution in [0, 0.1) is 12.7 Å². The predicted octanol–water partition coefficient (Wildman–Crippen LogP) is 5.19. The van der Waals surface area contributed by atoms with Crippen molar-refractivity contribution in [1.82, 2.24) is 0 Å². The van der Waals surface area contributed by atoms with Crippen LogP contribution in [-0.2, 0) is 16.6 Å². The molecule has 3 rings (SSSR count). The van der Waals surface area contributed by atoms with E-state index in [1.807, 2.05) is 0 Å². The molecule has 0 saturated heterocycles. The minimum Gasteiger partial charge on any atom is -0.497 e. The number of hydrogen-bond donors (Lipinski definition) is 0. The lowest BCUT2D eigenvalue weighted by molar-refractivity contribution is 0.414. The summed E-state index contributed by atoms with van der Waals surface area (Å²) in [6.45, 7) is 1.73. The predicted molar refractivity (Wildman–Crippen MR) is 109 cm³/mol. The fraction of sp³-hybridized carbons (Fsp3) is 0.143. The highest BCUT2D eigenvalue weighted by atomic mass is 35.5. The fourth-order valence-electron chi connectivity index (χ4n) is 2.81. The Morgan fingerprint density at radius 1 is 1.00 bits per heavy atom. The molecule has 0 aliphatic heterocycles. The van der Waals surface area contributed by atoms with Crippen LogP contribution in [0.15, 0.2) is 71.6 Å². The molecule has 3 aromatic rings. The smallest absolute Gasteiger partial charge is 0.264 e. The molecule has 0 bridgehead atoms. The number of halogens is 2. The summed E-state index contributed by atoms with van der Waals surface area (Å²) in [5.41, 5.74) is 1.58. The molecular weight excluding hydrogens is 401 g/mol. The van der Waals surface area contributed by atoms with E-state index >= 15 is 0 Å². The molecule has 7 heteroatoms. The van der Waals surface area contributed by atoms with E-state index in [0.717, 1.165) is 5.56 Å². The summed E-state index contributed by atoms with van der Waals surface area (Å²) in [5, 5.41) is 0.365. The Hall–Kier alpha value is -2.57.